The van der Waals surface area contributed by atoms with Gasteiger partial charge in [0.25, 0.3) is 0 Å². The van der Waals surface area contributed by atoms with E-state index in [1.165, 1.54) is 6.92 Å². The first-order chi connectivity index (χ1) is 9.88. The van der Waals surface area contributed by atoms with Gasteiger partial charge in [-0.2, -0.15) is 0 Å². The largest absolute Gasteiger partial charge is 0.480 e. The van der Waals surface area contributed by atoms with Gasteiger partial charge in [-0.15, -0.1) is 11.8 Å². The van der Waals surface area contributed by atoms with Gasteiger partial charge in [0, 0.05) is 18.4 Å². The lowest BCUT2D eigenvalue weighted by Gasteiger charge is -2.12. The summed E-state index contributed by atoms with van der Waals surface area (Å²) in [6.45, 7) is 3.18. The molecular weight excluding hydrogens is 292 g/mol. The molecule has 0 saturated carbocycles. The molecule has 0 fully saturated rings. The number of benzene rings is 1. The summed E-state index contributed by atoms with van der Waals surface area (Å²) in [6.07, 6.45) is 0. The van der Waals surface area contributed by atoms with Gasteiger partial charge in [-0.1, -0.05) is 12.1 Å². The smallest absolute Gasteiger partial charge is 0.327 e. The molecule has 1 atom stereocenters. The Hall–Kier alpha value is -2.02. The lowest BCUT2D eigenvalue weighted by Crippen LogP contribution is -2.41. The first-order valence-corrected chi connectivity index (χ1v) is 7.48. The molecule has 21 heavy (non-hydrogen) atoms. The van der Waals surface area contributed by atoms with E-state index in [0.717, 1.165) is 17.3 Å². The SMILES string of the molecule is CC(=O)NC(CSCC(=O)Nc1cccc(C)c1)C(=O)O. The van der Waals surface area contributed by atoms with E-state index in [-0.39, 0.29) is 17.4 Å². The third-order valence-corrected chi connectivity index (χ3v) is 3.53. The fraction of sp³-hybridized carbons (Fsp3) is 0.357. The number of carboxylic acids is 1. The van der Waals surface area contributed by atoms with E-state index in [9.17, 15) is 14.4 Å². The summed E-state index contributed by atoms with van der Waals surface area (Å²) in [6, 6.07) is 6.41. The van der Waals surface area contributed by atoms with Gasteiger partial charge in [-0.3, -0.25) is 9.59 Å². The first kappa shape index (κ1) is 17.0. The van der Waals surface area contributed by atoms with Gasteiger partial charge >= 0.3 is 5.97 Å². The third-order valence-electron chi connectivity index (χ3n) is 2.50. The van der Waals surface area contributed by atoms with E-state index >= 15 is 0 Å². The number of amides is 2. The summed E-state index contributed by atoms with van der Waals surface area (Å²) in [7, 11) is 0. The number of carboxylic acid groups (broad SMARTS) is 1. The van der Waals surface area contributed by atoms with E-state index in [1.807, 2.05) is 25.1 Å². The van der Waals surface area contributed by atoms with Crippen LogP contribution in [0, 0.1) is 6.92 Å². The lowest BCUT2D eigenvalue weighted by atomic mass is 10.2. The van der Waals surface area contributed by atoms with Gasteiger partial charge in [0.05, 0.1) is 5.75 Å². The molecule has 0 heterocycles. The van der Waals surface area contributed by atoms with Crippen molar-refractivity contribution >= 4 is 35.2 Å². The van der Waals surface area contributed by atoms with Gasteiger partial charge in [0.15, 0.2) is 0 Å². The molecule has 0 aliphatic carbocycles. The van der Waals surface area contributed by atoms with Crippen LogP contribution in [0.5, 0.6) is 0 Å². The highest BCUT2D eigenvalue weighted by Crippen LogP contribution is 2.11. The summed E-state index contributed by atoms with van der Waals surface area (Å²) < 4.78 is 0. The quantitative estimate of drug-likeness (QED) is 0.704. The van der Waals surface area contributed by atoms with Crippen LogP contribution in [0.15, 0.2) is 24.3 Å². The first-order valence-electron chi connectivity index (χ1n) is 6.32. The van der Waals surface area contributed by atoms with Crippen LogP contribution in [0.1, 0.15) is 12.5 Å². The van der Waals surface area contributed by atoms with Gasteiger partial charge in [0.1, 0.15) is 6.04 Å². The molecular formula is C14H18N2O4S. The Kier molecular flexibility index (Phi) is 6.74. The van der Waals surface area contributed by atoms with Crippen LogP contribution in [0.2, 0.25) is 0 Å². The Labute approximate surface area is 127 Å². The van der Waals surface area contributed by atoms with Crippen LogP contribution in [0.3, 0.4) is 0 Å². The molecule has 3 N–H and O–H groups in total. The number of anilines is 1. The number of hydrogen-bond donors (Lipinski definition) is 3. The highest BCUT2D eigenvalue weighted by atomic mass is 32.2. The number of carbonyl (C=O) groups excluding carboxylic acids is 2. The second kappa shape index (κ2) is 8.31. The molecule has 0 aromatic heterocycles. The zero-order valence-corrected chi connectivity index (χ0v) is 12.7. The number of thioether (sulfide) groups is 1. The van der Waals surface area contributed by atoms with Crippen LogP contribution in [-0.2, 0) is 14.4 Å². The number of rotatable bonds is 7. The van der Waals surface area contributed by atoms with Crippen molar-refractivity contribution in [2.45, 2.75) is 19.9 Å². The fourth-order valence-corrected chi connectivity index (χ4v) is 2.45. The zero-order valence-electron chi connectivity index (χ0n) is 11.9. The normalized spacial score (nSPS) is 11.5. The monoisotopic (exact) mass is 310 g/mol. The van der Waals surface area contributed by atoms with E-state index in [0.29, 0.717) is 5.69 Å². The molecule has 0 bridgehead atoms. The average molecular weight is 310 g/mol. The summed E-state index contributed by atoms with van der Waals surface area (Å²) in [5.74, 6) is -1.48. The van der Waals surface area contributed by atoms with Crippen molar-refractivity contribution in [3.63, 3.8) is 0 Å². The zero-order chi connectivity index (χ0) is 15.8. The summed E-state index contributed by atoms with van der Waals surface area (Å²) in [5.41, 5.74) is 1.74. The number of nitrogens with one attached hydrogen (secondary N) is 2. The second-order valence-electron chi connectivity index (χ2n) is 4.52. The van der Waals surface area contributed by atoms with Crippen molar-refractivity contribution in [1.82, 2.24) is 5.32 Å². The van der Waals surface area contributed by atoms with Crippen molar-refractivity contribution in [2.75, 3.05) is 16.8 Å². The predicted octanol–water partition coefficient (Wildman–Crippen LogP) is 1.26. The van der Waals surface area contributed by atoms with Gasteiger partial charge < -0.3 is 15.7 Å². The van der Waals surface area contributed by atoms with Crippen molar-refractivity contribution < 1.29 is 19.5 Å². The molecule has 0 aliphatic rings. The minimum atomic E-state index is -1.11. The summed E-state index contributed by atoms with van der Waals surface area (Å²) in [5, 5.41) is 14.0. The highest BCUT2D eigenvalue weighted by Gasteiger charge is 2.18. The summed E-state index contributed by atoms with van der Waals surface area (Å²) >= 11 is 1.16. The molecule has 7 heteroatoms. The molecule has 6 nitrogen and oxygen atoms in total. The third kappa shape index (κ3) is 6.80. The Balaban J connectivity index is 2.38. The molecule has 0 aliphatic heterocycles. The number of aliphatic carboxylic acids is 1. The molecule has 0 saturated heterocycles. The minimum Gasteiger partial charge on any atom is -0.480 e. The van der Waals surface area contributed by atoms with Gasteiger partial charge in [0.2, 0.25) is 11.8 Å². The second-order valence-corrected chi connectivity index (χ2v) is 5.55. The van der Waals surface area contributed by atoms with Crippen LogP contribution in [0.25, 0.3) is 0 Å². The Morgan fingerprint density at radius 2 is 2.05 bits per heavy atom. The minimum absolute atomic E-state index is 0.122. The van der Waals surface area contributed by atoms with Crippen LogP contribution in [-0.4, -0.2) is 40.4 Å². The highest BCUT2D eigenvalue weighted by molar-refractivity contribution is 8.00. The summed E-state index contributed by atoms with van der Waals surface area (Å²) in [4.78, 5) is 33.5. The molecule has 0 spiro atoms. The maximum Gasteiger partial charge on any atom is 0.327 e. The lowest BCUT2D eigenvalue weighted by molar-refractivity contribution is -0.140. The molecule has 1 aromatic carbocycles. The van der Waals surface area contributed by atoms with E-state index in [4.69, 9.17) is 5.11 Å². The van der Waals surface area contributed by atoms with Crippen molar-refractivity contribution in [3.05, 3.63) is 29.8 Å². The molecule has 1 rings (SSSR count). The molecule has 114 valence electrons. The fourth-order valence-electron chi connectivity index (χ4n) is 1.61. The standard InChI is InChI=1S/C14H18N2O4S/c1-9-4-3-5-11(6-9)16-13(18)8-21-7-12(14(19)20)15-10(2)17/h3-6,12H,7-8H2,1-2H3,(H,15,17)(H,16,18)(H,19,20). The topological polar surface area (TPSA) is 95.5 Å². The van der Waals surface area contributed by atoms with Gasteiger partial charge in [-0.05, 0) is 24.6 Å². The Bertz CT molecular complexity index is 533. The van der Waals surface area contributed by atoms with E-state index < -0.39 is 17.9 Å². The van der Waals surface area contributed by atoms with Crippen LogP contribution >= 0.6 is 11.8 Å². The molecule has 0 radical (unpaired) electrons. The Morgan fingerprint density at radius 3 is 2.62 bits per heavy atom. The average Bonchev–Trinajstić information content (AvgIpc) is 2.36. The molecule has 1 aromatic rings. The van der Waals surface area contributed by atoms with Crippen LogP contribution in [0.4, 0.5) is 5.69 Å². The van der Waals surface area contributed by atoms with E-state index in [1.54, 1.807) is 6.07 Å². The maximum atomic E-state index is 11.7. The Morgan fingerprint density at radius 1 is 1.33 bits per heavy atom. The molecule has 1 unspecified atom stereocenters. The number of hydrogen-bond acceptors (Lipinski definition) is 4. The molecule has 2 amide bonds. The maximum absolute atomic E-state index is 11.7. The number of carbonyl (C=O) groups is 3. The number of aryl methyl sites for hydroxylation is 1. The van der Waals surface area contributed by atoms with E-state index in [2.05, 4.69) is 10.6 Å². The van der Waals surface area contributed by atoms with Gasteiger partial charge in [-0.25, -0.2) is 4.79 Å². The van der Waals surface area contributed by atoms with Crippen molar-refractivity contribution in [2.24, 2.45) is 0 Å². The van der Waals surface area contributed by atoms with Crippen LogP contribution < -0.4 is 10.6 Å². The predicted molar refractivity (Wildman–Crippen MR) is 82.4 cm³/mol. The van der Waals surface area contributed by atoms with Crippen molar-refractivity contribution in [1.29, 1.82) is 0 Å². The van der Waals surface area contributed by atoms with Crippen molar-refractivity contribution in [3.8, 4) is 0 Å².